The molecule has 2 amide bonds. The van der Waals surface area contributed by atoms with E-state index in [1.54, 1.807) is 42.3 Å². The molecule has 2 heterocycles. The lowest BCUT2D eigenvalue weighted by Crippen LogP contribution is -2.44. The Morgan fingerprint density at radius 3 is 2.48 bits per heavy atom. The van der Waals surface area contributed by atoms with Crippen molar-refractivity contribution in [1.29, 1.82) is 0 Å². The highest BCUT2D eigenvalue weighted by atomic mass is 16.5. The van der Waals surface area contributed by atoms with Gasteiger partial charge in [-0.1, -0.05) is 48.5 Å². The van der Waals surface area contributed by atoms with Crippen molar-refractivity contribution < 1.29 is 38.5 Å². The quantitative estimate of drug-likeness (QED) is 0.226. The zero-order valence-electron chi connectivity index (χ0n) is 27.7. The van der Waals surface area contributed by atoms with Gasteiger partial charge in [-0.3, -0.25) is 19.2 Å². The summed E-state index contributed by atoms with van der Waals surface area (Å²) in [6, 6.07) is 28.0. The van der Waals surface area contributed by atoms with E-state index in [4.69, 9.17) is 14.2 Å². The molecular formula is C40H38N2O8. The van der Waals surface area contributed by atoms with Gasteiger partial charge in [0.15, 0.2) is 12.4 Å². The highest BCUT2D eigenvalue weighted by Gasteiger charge is 2.39. The van der Waals surface area contributed by atoms with E-state index in [1.807, 2.05) is 36.4 Å². The molecule has 4 aromatic carbocycles. The number of ketones is 2. The average molecular weight is 675 g/mol. The summed E-state index contributed by atoms with van der Waals surface area (Å²) in [6.07, 6.45) is 0.526. The molecule has 1 unspecified atom stereocenters. The molecule has 0 aromatic heterocycles. The van der Waals surface area contributed by atoms with E-state index in [2.05, 4.69) is 24.3 Å². The summed E-state index contributed by atoms with van der Waals surface area (Å²) in [5.74, 6) is 1.37. The van der Waals surface area contributed by atoms with E-state index in [0.29, 0.717) is 48.8 Å². The topological polar surface area (TPSA) is 123 Å². The molecule has 0 saturated heterocycles. The van der Waals surface area contributed by atoms with Gasteiger partial charge >= 0.3 is 0 Å². The van der Waals surface area contributed by atoms with Crippen LogP contribution >= 0.6 is 0 Å². The maximum absolute atomic E-state index is 13.0. The average Bonchev–Trinajstić information content (AvgIpc) is 3.45. The molecule has 3 aliphatic rings. The second-order valence-corrected chi connectivity index (χ2v) is 13.0. The van der Waals surface area contributed by atoms with Crippen LogP contribution in [0.25, 0.3) is 0 Å². The van der Waals surface area contributed by atoms with E-state index in [-0.39, 0.29) is 67.1 Å². The summed E-state index contributed by atoms with van der Waals surface area (Å²) < 4.78 is 17.8. The third kappa shape index (κ3) is 6.78. The largest absolute Gasteiger partial charge is 0.508 e. The van der Waals surface area contributed by atoms with Crippen LogP contribution in [0.2, 0.25) is 0 Å². The molecule has 7 rings (SSSR count). The molecular weight excluding hydrogens is 636 g/mol. The Hall–Kier alpha value is -5.64. The smallest absolute Gasteiger partial charge is 0.260 e. The van der Waals surface area contributed by atoms with Gasteiger partial charge in [-0.15, -0.1) is 0 Å². The van der Waals surface area contributed by atoms with Crippen LogP contribution in [0, 0.1) is 0 Å². The van der Waals surface area contributed by atoms with Gasteiger partial charge in [-0.2, -0.15) is 0 Å². The number of likely N-dealkylation sites (N-methyl/N-ethyl adjacent to an activating group) is 1. The predicted molar refractivity (Wildman–Crippen MR) is 184 cm³/mol. The lowest BCUT2D eigenvalue weighted by Gasteiger charge is -2.34. The molecule has 0 spiro atoms. The number of carbonyl (C=O) groups excluding carboxylic acids is 4. The molecule has 10 heteroatoms. The van der Waals surface area contributed by atoms with Crippen LogP contribution in [0.1, 0.15) is 63.7 Å². The van der Waals surface area contributed by atoms with Gasteiger partial charge in [0.1, 0.15) is 35.4 Å². The Morgan fingerprint density at radius 2 is 1.70 bits per heavy atom. The monoisotopic (exact) mass is 674 g/mol. The van der Waals surface area contributed by atoms with Crippen molar-refractivity contribution in [3.8, 4) is 23.0 Å². The van der Waals surface area contributed by atoms with Crippen molar-refractivity contribution in [3.63, 3.8) is 0 Å². The normalized spacial score (nSPS) is 19.7. The molecule has 50 heavy (non-hydrogen) atoms. The Balaban J connectivity index is 0.918. The number of Topliss-reactive ketones (excluding diaryl/α,β-unsaturated/α-hetero) is 2. The van der Waals surface area contributed by atoms with Crippen LogP contribution in [0.5, 0.6) is 23.0 Å². The number of hydrogen-bond donors (Lipinski definition) is 1. The Kier molecular flexibility index (Phi) is 9.25. The van der Waals surface area contributed by atoms with Crippen molar-refractivity contribution in [3.05, 3.63) is 119 Å². The number of aromatic hydroxyl groups is 1. The Morgan fingerprint density at radius 1 is 0.920 bits per heavy atom. The number of fused-ring (bicyclic) bond motifs is 2. The number of phenols is 1. The van der Waals surface area contributed by atoms with E-state index in [1.165, 1.54) is 10.5 Å². The van der Waals surface area contributed by atoms with Crippen molar-refractivity contribution >= 4 is 23.4 Å². The molecule has 4 aromatic rings. The first-order valence-electron chi connectivity index (χ1n) is 16.8. The molecule has 2 aliphatic heterocycles. The maximum atomic E-state index is 13.0. The number of hydrogen-bond acceptors (Lipinski definition) is 8. The Labute approximate surface area is 290 Å². The lowest BCUT2D eigenvalue weighted by molar-refractivity contribution is -0.134. The summed E-state index contributed by atoms with van der Waals surface area (Å²) in [7, 11) is 1.69. The fraction of sp³-hybridized carbons (Fsp3) is 0.300. The summed E-state index contributed by atoms with van der Waals surface area (Å²) in [6.45, 7) is 1.21. The van der Waals surface area contributed by atoms with Gasteiger partial charge in [0.25, 0.3) is 11.8 Å². The van der Waals surface area contributed by atoms with E-state index in [9.17, 15) is 24.3 Å². The van der Waals surface area contributed by atoms with Crippen LogP contribution in [-0.2, 0) is 20.9 Å². The number of nitrogens with zero attached hydrogens (tertiary/aromatic N) is 2. The highest BCUT2D eigenvalue weighted by Crippen LogP contribution is 2.47. The number of carbonyl (C=O) groups is 4. The van der Waals surface area contributed by atoms with Gasteiger partial charge in [0.2, 0.25) is 0 Å². The highest BCUT2D eigenvalue weighted by molar-refractivity contribution is 6.07. The van der Waals surface area contributed by atoms with Gasteiger partial charge < -0.3 is 29.1 Å². The van der Waals surface area contributed by atoms with E-state index < -0.39 is 6.04 Å². The van der Waals surface area contributed by atoms with Crippen molar-refractivity contribution in [2.24, 2.45) is 0 Å². The number of benzene rings is 4. The number of amides is 2. The molecule has 1 aliphatic carbocycles. The van der Waals surface area contributed by atoms with E-state index >= 15 is 0 Å². The van der Waals surface area contributed by atoms with Crippen molar-refractivity contribution in [2.45, 2.75) is 43.7 Å². The minimum atomic E-state index is -0.583. The fourth-order valence-corrected chi connectivity index (χ4v) is 7.10. The third-order valence-corrected chi connectivity index (χ3v) is 9.83. The molecule has 10 nitrogen and oxygen atoms in total. The van der Waals surface area contributed by atoms with Gasteiger partial charge in [-0.25, -0.2) is 0 Å². The maximum Gasteiger partial charge on any atom is 0.260 e. The molecule has 256 valence electrons. The minimum absolute atomic E-state index is 0.0256. The first kappa shape index (κ1) is 32.9. The van der Waals surface area contributed by atoms with Crippen LogP contribution in [0.15, 0.2) is 91.0 Å². The number of rotatable bonds is 10. The molecule has 1 saturated carbocycles. The number of ether oxygens (including phenoxy) is 3. The number of phenolic OH excluding ortho intramolecular Hbond substituents is 1. The second kappa shape index (κ2) is 14.1. The molecule has 0 radical (unpaired) electrons. The summed E-state index contributed by atoms with van der Waals surface area (Å²) in [5, 5.41) is 10.0. The van der Waals surface area contributed by atoms with Gasteiger partial charge in [-0.05, 0) is 59.5 Å². The Bertz CT molecular complexity index is 1930. The van der Waals surface area contributed by atoms with E-state index in [0.717, 1.165) is 16.7 Å². The van der Waals surface area contributed by atoms with Crippen molar-refractivity contribution in [1.82, 2.24) is 9.80 Å². The molecule has 1 N–H and O–H groups in total. The SMILES string of the molecule is CN(CCOc1ccc([C@@H]2c3ccc(O)cc3OC[C@@H]2c2ccccc2)cc1)C(=O)COc1ccc2c(c1)CN(C1CCC(=O)CC1=O)C2=O. The zero-order valence-corrected chi connectivity index (χ0v) is 27.7. The molecule has 0 bridgehead atoms. The summed E-state index contributed by atoms with van der Waals surface area (Å²) >= 11 is 0. The first-order valence-corrected chi connectivity index (χ1v) is 16.8. The fourth-order valence-electron chi connectivity index (χ4n) is 7.10. The second-order valence-electron chi connectivity index (χ2n) is 13.0. The van der Waals surface area contributed by atoms with Crippen LogP contribution in [0.3, 0.4) is 0 Å². The third-order valence-electron chi connectivity index (χ3n) is 9.83. The molecule has 1 fully saturated rings. The van der Waals surface area contributed by atoms with Gasteiger partial charge in [0.05, 0.1) is 25.6 Å². The van der Waals surface area contributed by atoms with Crippen LogP contribution < -0.4 is 14.2 Å². The van der Waals surface area contributed by atoms with Crippen molar-refractivity contribution in [2.75, 3.05) is 33.4 Å². The van der Waals surface area contributed by atoms with Crippen LogP contribution in [0.4, 0.5) is 0 Å². The summed E-state index contributed by atoms with van der Waals surface area (Å²) in [4.78, 5) is 53.0. The lowest BCUT2D eigenvalue weighted by atomic mass is 9.76. The van der Waals surface area contributed by atoms with Gasteiger partial charge in [0, 0.05) is 49.0 Å². The zero-order chi connectivity index (χ0) is 34.8. The van der Waals surface area contributed by atoms with Crippen LogP contribution in [-0.4, -0.2) is 77.7 Å². The standard InChI is InChI=1S/C40H38N2O8/c1-41(38(46)24-49-31-13-15-32-27(19-31)22-42(40(32)47)35-16-10-28(43)20-36(35)45)17-18-48-30-11-7-26(8-12-30)39-33-14-9-29(44)21-37(33)50-23-34(39)25-5-3-2-4-6-25/h2-9,11-15,19,21,34-35,39,44H,10,16-18,20,22-24H2,1H3/t34-,35?,39-/m1/s1. The predicted octanol–water partition coefficient (Wildman–Crippen LogP) is 5.26. The molecule has 3 atom stereocenters. The first-order chi connectivity index (χ1) is 24.2. The summed E-state index contributed by atoms with van der Waals surface area (Å²) in [5.41, 5.74) is 4.54. The minimum Gasteiger partial charge on any atom is -0.508 e.